The minimum absolute atomic E-state index is 0.0824. The number of rotatable bonds is 2. The lowest BCUT2D eigenvalue weighted by atomic mass is 9.98. The Labute approximate surface area is 127 Å². The summed E-state index contributed by atoms with van der Waals surface area (Å²) in [6.45, 7) is 4.27. The first-order valence-corrected chi connectivity index (χ1v) is 6.28. The molecule has 1 rings (SSSR count). The predicted octanol–water partition coefficient (Wildman–Crippen LogP) is 3.46. The highest BCUT2D eigenvalue weighted by molar-refractivity contribution is 5.97. The number of nitrogen functional groups attached to an aromatic ring is 2. The van der Waals surface area contributed by atoms with Crippen LogP contribution in [0.5, 0.6) is 0 Å². The number of anilines is 3. The number of benzene rings is 1. The summed E-state index contributed by atoms with van der Waals surface area (Å²) >= 11 is 0. The SMILES string of the molecule is Cc1c(N)c(C)c(NC(=O)C(C(F)(F)F)C(F)(F)F)c(C)c1N. The third-order valence-electron chi connectivity index (χ3n) is 3.53. The van der Waals surface area contributed by atoms with E-state index in [0.29, 0.717) is 5.56 Å². The number of alkyl halides is 6. The van der Waals surface area contributed by atoms with Crippen LogP contribution in [0.4, 0.5) is 43.4 Å². The van der Waals surface area contributed by atoms with Gasteiger partial charge in [0.05, 0.1) is 5.69 Å². The maximum absolute atomic E-state index is 12.6. The number of nitrogens with two attached hydrogens (primary N) is 2. The van der Waals surface area contributed by atoms with Gasteiger partial charge in [0.25, 0.3) is 0 Å². The van der Waals surface area contributed by atoms with Crippen LogP contribution in [0.25, 0.3) is 0 Å². The smallest absolute Gasteiger partial charge is 0.398 e. The molecule has 0 spiro atoms. The van der Waals surface area contributed by atoms with E-state index in [1.807, 2.05) is 0 Å². The Hall–Kier alpha value is -2.13. The monoisotopic (exact) mass is 343 g/mol. The van der Waals surface area contributed by atoms with Gasteiger partial charge in [-0.1, -0.05) is 0 Å². The third-order valence-corrected chi connectivity index (χ3v) is 3.53. The Morgan fingerprint density at radius 1 is 0.870 bits per heavy atom. The van der Waals surface area contributed by atoms with Crippen molar-refractivity contribution in [3.8, 4) is 0 Å². The number of hydrogen-bond donors (Lipinski definition) is 3. The van der Waals surface area contributed by atoms with E-state index in [-0.39, 0.29) is 28.2 Å². The second kappa shape index (κ2) is 5.82. The molecule has 0 aromatic heterocycles. The van der Waals surface area contributed by atoms with E-state index in [1.54, 1.807) is 12.2 Å². The van der Waals surface area contributed by atoms with Crippen LogP contribution in [0.2, 0.25) is 0 Å². The molecule has 0 saturated carbocycles. The molecular weight excluding hydrogens is 328 g/mol. The van der Waals surface area contributed by atoms with Crippen LogP contribution in [0.1, 0.15) is 16.7 Å². The molecule has 0 aliphatic carbocycles. The molecule has 0 saturated heterocycles. The van der Waals surface area contributed by atoms with Gasteiger partial charge < -0.3 is 16.8 Å². The van der Waals surface area contributed by atoms with Gasteiger partial charge in [0.15, 0.2) is 0 Å². The molecule has 10 heteroatoms. The van der Waals surface area contributed by atoms with Crippen LogP contribution in [0, 0.1) is 26.7 Å². The first-order chi connectivity index (χ1) is 10.2. The summed E-state index contributed by atoms with van der Waals surface area (Å²) in [5.41, 5.74) is 12.0. The Balaban J connectivity index is 3.35. The van der Waals surface area contributed by atoms with Gasteiger partial charge in [0.2, 0.25) is 11.8 Å². The van der Waals surface area contributed by atoms with Gasteiger partial charge in [0, 0.05) is 11.4 Å². The quantitative estimate of drug-likeness (QED) is 0.568. The van der Waals surface area contributed by atoms with Crippen LogP contribution >= 0.6 is 0 Å². The van der Waals surface area contributed by atoms with Gasteiger partial charge in [-0.05, 0) is 37.5 Å². The van der Waals surface area contributed by atoms with Gasteiger partial charge in [-0.3, -0.25) is 4.79 Å². The minimum atomic E-state index is -5.77. The van der Waals surface area contributed by atoms with E-state index in [2.05, 4.69) is 0 Å². The van der Waals surface area contributed by atoms with E-state index in [0.717, 1.165) is 0 Å². The van der Waals surface area contributed by atoms with Crippen molar-refractivity contribution in [1.82, 2.24) is 0 Å². The largest absolute Gasteiger partial charge is 0.409 e. The Morgan fingerprint density at radius 2 is 1.22 bits per heavy atom. The van der Waals surface area contributed by atoms with Gasteiger partial charge in [-0.15, -0.1) is 0 Å². The first-order valence-electron chi connectivity index (χ1n) is 6.28. The van der Waals surface area contributed by atoms with Gasteiger partial charge in [-0.2, -0.15) is 26.3 Å². The molecule has 0 heterocycles. The molecule has 0 radical (unpaired) electrons. The molecular formula is C13H15F6N3O. The fourth-order valence-corrected chi connectivity index (χ4v) is 2.12. The highest BCUT2D eigenvalue weighted by Crippen LogP contribution is 2.41. The standard InChI is InChI=1S/C13H15F6N3O/c1-4-7(20)5(2)9(6(3)8(4)21)22-11(23)10(12(14,15)16)13(17,18)19/h10H,20-21H2,1-3H3,(H,22,23). The van der Waals surface area contributed by atoms with Gasteiger partial charge in [0.1, 0.15) is 0 Å². The van der Waals surface area contributed by atoms with Crippen LogP contribution in [0.15, 0.2) is 0 Å². The molecule has 130 valence electrons. The van der Waals surface area contributed by atoms with E-state index in [4.69, 9.17) is 11.5 Å². The number of halogens is 6. The highest BCUT2D eigenvalue weighted by Gasteiger charge is 2.61. The highest BCUT2D eigenvalue weighted by atomic mass is 19.4. The molecule has 0 bridgehead atoms. The van der Waals surface area contributed by atoms with Gasteiger partial charge in [-0.25, -0.2) is 0 Å². The van der Waals surface area contributed by atoms with Crippen molar-refractivity contribution < 1.29 is 31.1 Å². The van der Waals surface area contributed by atoms with Crippen molar-refractivity contribution in [1.29, 1.82) is 0 Å². The maximum atomic E-state index is 12.6. The van der Waals surface area contributed by atoms with Crippen LogP contribution in [-0.2, 0) is 4.79 Å². The molecule has 0 aliphatic rings. The Bertz CT molecular complexity index is 593. The second-order valence-corrected chi connectivity index (χ2v) is 5.08. The summed E-state index contributed by atoms with van der Waals surface area (Å²) in [5.74, 6) is -6.38. The molecule has 0 aliphatic heterocycles. The van der Waals surface area contributed by atoms with Crippen molar-refractivity contribution in [3.63, 3.8) is 0 Å². The first kappa shape index (κ1) is 18.9. The number of carbonyl (C=O) groups excluding carboxylic acids is 1. The van der Waals surface area contributed by atoms with E-state index in [9.17, 15) is 31.1 Å². The lowest BCUT2D eigenvalue weighted by molar-refractivity contribution is -0.272. The molecule has 0 fully saturated rings. The maximum Gasteiger partial charge on any atom is 0.409 e. The lowest BCUT2D eigenvalue weighted by Gasteiger charge is -2.24. The number of amides is 1. The lowest BCUT2D eigenvalue weighted by Crippen LogP contribution is -2.45. The normalized spacial score (nSPS) is 12.6. The Kier molecular flexibility index (Phi) is 4.79. The molecule has 23 heavy (non-hydrogen) atoms. The van der Waals surface area contributed by atoms with Crippen molar-refractivity contribution in [2.75, 3.05) is 16.8 Å². The zero-order valence-electron chi connectivity index (χ0n) is 12.4. The third kappa shape index (κ3) is 3.62. The summed E-state index contributed by atoms with van der Waals surface area (Å²) in [5, 5.41) is 1.66. The summed E-state index contributed by atoms with van der Waals surface area (Å²) in [4.78, 5) is 11.6. The molecule has 0 atom stereocenters. The fourth-order valence-electron chi connectivity index (χ4n) is 2.12. The van der Waals surface area contributed by atoms with Crippen LogP contribution in [-0.4, -0.2) is 18.3 Å². The predicted molar refractivity (Wildman–Crippen MR) is 73.7 cm³/mol. The Morgan fingerprint density at radius 3 is 1.52 bits per heavy atom. The molecule has 0 unspecified atom stereocenters. The summed E-state index contributed by atoms with van der Waals surface area (Å²) < 4.78 is 75.4. The van der Waals surface area contributed by atoms with E-state index >= 15 is 0 Å². The fraction of sp³-hybridized carbons (Fsp3) is 0.462. The topological polar surface area (TPSA) is 81.1 Å². The molecule has 5 N–H and O–H groups in total. The number of nitrogens with one attached hydrogen (secondary N) is 1. The molecule has 4 nitrogen and oxygen atoms in total. The average Bonchev–Trinajstić information content (AvgIpc) is 2.35. The van der Waals surface area contributed by atoms with E-state index in [1.165, 1.54) is 13.8 Å². The van der Waals surface area contributed by atoms with Crippen molar-refractivity contribution in [2.24, 2.45) is 5.92 Å². The minimum Gasteiger partial charge on any atom is -0.398 e. The van der Waals surface area contributed by atoms with Crippen molar-refractivity contribution >= 4 is 23.0 Å². The van der Waals surface area contributed by atoms with Crippen LogP contribution in [0.3, 0.4) is 0 Å². The summed E-state index contributed by atoms with van der Waals surface area (Å²) in [6, 6.07) is 0. The number of carbonyl (C=O) groups is 1. The average molecular weight is 343 g/mol. The van der Waals surface area contributed by atoms with Crippen molar-refractivity contribution in [2.45, 2.75) is 33.1 Å². The summed E-state index contributed by atoms with van der Waals surface area (Å²) in [6.07, 6.45) is -11.5. The van der Waals surface area contributed by atoms with Crippen molar-refractivity contribution in [3.05, 3.63) is 16.7 Å². The van der Waals surface area contributed by atoms with Gasteiger partial charge >= 0.3 is 12.4 Å². The molecule has 1 aromatic rings. The second-order valence-electron chi connectivity index (χ2n) is 5.08. The van der Waals surface area contributed by atoms with Crippen LogP contribution < -0.4 is 16.8 Å². The summed E-state index contributed by atoms with van der Waals surface area (Å²) in [7, 11) is 0. The number of hydrogen-bond acceptors (Lipinski definition) is 3. The van der Waals surface area contributed by atoms with E-state index < -0.39 is 24.2 Å². The molecule has 1 aromatic carbocycles. The molecule has 1 amide bonds. The zero-order chi connectivity index (χ0) is 18.3. The zero-order valence-corrected chi connectivity index (χ0v) is 12.4.